The van der Waals surface area contributed by atoms with E-state index in [4.69, 9.17) is 5.11 Å². The summed E-state index contributed by atoms with van der Waals surface area (Å²) in [5.74, 6) is -1.02. The van der Waals surface area contributed by atoms with E-state index in [2.05, 4.69) is 21.2 Å². The Balaban J connectivity index is 2.63. The molecule has 1 rings (SSSR count). The molecule has 19 heavy (non-hydrogen) atoms. The highest BCUT2D eigenvalue weighted by Gasteiger charge is 2.19. The molecule has 6 heteroatoms. The summed E-state index contributed by atoms with van der Waals surface area (Å²) in [6.07, 6.45) is 0. The SMILES string of the molecule is CC(C)N(CC(=O)O)C(=O)NCc1ccccc1Br. The van der Waals surface area contributed by atoms with Crippen molar-refractivity contribution < 1.29 is 14.7 Å². The molecule has 0 saturated heterocycles. The number of nitrogens with zero attached hydrogens (tertiary/aromatic N) is 1. The molecule has 2 N–H and O–H groups in total. The lowest BCUT2D eigenvalue weighted by atomic mass is 10.2. The quantitative estimate of drug-likeness (QED) is 0.872. The molecule has 1 aromatic carbocycles. The topological polar surface area (TPSA) is 69.6 Å². The first-order chi connectivity index (χ1) is 8.91. The van der Waals surface area contributed by atoms with E-state index >= 15 is 0 Å². The molecule has 1 aromatic rings. The fourth-order valence-corrected chi connectivity index (χ4v) is 1.97. The van der Waals surface area contributed by atoms with Gasteiger partial charge >= 0.3 is 12.0 Å². The van der Waals surface area contributed by atoms with E-state index < -0.39 is 5.97 Å². The number of carboxylic acids is 1. The Hall–Kier alpha value is -1.56. The number of halogens is 1. The minimum absolute atomic E-state index is 0.171. The number of hydrogen-bond acceptors (Lipinski definition) is 2. The summed E-state index contributed by atoms with van der Waals surface area (Å²) in [4.78, 5) is 23.9. The smallest absolute Gasteiger partial charge is 0.323 e. The normalized spacial score (nSPS) is 10.3. The number of carboxylic acid groups (broad SMARTS) is 1. The van der Waals surface area contributed by atoms with Crippen LogP contribution in [-0.4, -0.2) is 34.6 Å². The average molecular weight is 329 g/mol. The molecule has 0 atom stereocenters. The van der Waals surface area contributed by atoms with Gasteiger partial charge in [0.2, 0.25) is 0 Å². The van der Waals surface area contributed by atoms with Gasteiger partial charge in [0, 0.05) is 17.1 Å². The van der Waals surface area contributed by atoms with Gasteiger partial charge in [-0.15, -0.1) is 0 Å². The highest BCUT2D eigenvalue weighted by molar-refractivity contribution is 9.10. The summed E-state index contributed by atoms with van der Waals surface area (Å²) in [7, 11) is 0. The van der Waals surface area contributed by atoms with Gasteiger partial charge in [-0.2, -0.15) is 0 Å². The zero-order valence-corrected chi connectivity index (χ0v) is 12.5. The van der Waals surface area contributed by atoms with Crippen molar-refractivity contribution >= 4 is 27.9 Å². The van der Waals surface area contributed by atoms with Gasteiger partial charge in [0.1, 0.15) is 6.54 Å². The van der Waals surface area contributed by atoms with Gasteiger partial charge in [0.05, 0.1) is 0 Å². The second-order valence-corrected chi connectivity index (χ2v) is 5.22. The van der Waals surface area contributed by atoms with E-state index in [-0.39, 0.29) is 18.6 Å². The second kappa shape index (κ2) is 7.13. The molecule has 0 radical (unpaired) electrons. The fourth-order valence-electron chi connectivity index (χ4n) is 1.55. The minimum atomic E-state index is -1.02. The Bertz CT molecular complexity index is 463. The maximum absolute atomic E-state index is 11.9. The van der Waals surface area contributed by atoms with Crippen molar-refractivity contribution in [3.05, 3.63) is 34.3 Å². The van der Waals surface area contributed by atoms with Crippen LogP contribution in [0.2, 0.25) is 0 Å². The summed E-state index contributed by atoms with van der Waals surface area (Å²) in [5.41, 5.74) is 0.940. The van der Waals surface area contributed by atoms with Crippen molar-refractivity contribution in [2.45, 2.75) is 26.4 Å². The minimum Gasteiger partial charge on any atom is -0.480 e. The van der Waals surface area contributed by atoms with Crippen molar-refractivity contribution in [2.75, 3.05) is 6.54 Å². The summed E-state index contributed by atoms with van der Waals surface area (Å²) >= 11 is 3.39. The number of aliphatic carboxylic acids is 1. The lowest BCUT2D eigenvalue weighted by Crippen LogP contribution is -2.46. The molecule has 0 spiro atoms. The molecule has 0 saturated carbocycles. The zero-order chi connectivity index (χ0) is 14.4. The first-order valence-corrected chi connectivity index (χ1v) is 6.70. The third kappa shape index (κ3) is 4.90. The lowest BCUT2D eigenvalue weighted by molar-refractivity contribution is -0.138. The second-order valence-electron chi connectivity index (χ2n) is 4.37. The van der Waals surface area contributed by atoms with E-state index in [0.29, 0.717) is 6.54 Å². The van der Waals surface area contributed by atoms with Gasteiger partial charge in [-0.1, -0.05) is 34.1 Å². The molecule has 104 valence electrons. The summed E-state index contributed by atoms with van der Waals surface area (Å²) in [6.45, 7) is 3.60. The maximum Gasteiger partial charge on any atom is 0.323 e. The van der Waals surface area contributed by atoms with Crippen LogP contribution in [0.3, 0.4) is 0 Å². The standard InChI is InChI=1S/C13H17BrN2O3/c1-9(2)16(8-12(17)18)13(19)15-7-10-5-3-4-6-11(10)14/h3-6,9H,7-8H2,1-2H3,(H,15,19)(H,17,18). The first-order valence-electron chi connectivity index (χ1n) is 5.91. The van der Waals surface area contributed by atoms with E-state index in [1.807, 2.05) is 24.3 Å². The van der Waals surface area contributed by atoms with Gasteiger partial charge in [0.25, 0.3) is 0 Å². The molecule has 0 unspecified atom stereocenters. The number of rotatable bonds is 5. The van der Waals surface area contributed by atoms with Crippen LogP contribution in [0.1, 0.15) is 19.4 Å². The van der Waals surface area contributed by atoms with Crippen molar-refractivity contribution in [2.24, 2.45) is 0 Å². The Morgan fingerprint density at radius 3 is 2.53 bits per heavy atom. The summed E-state index contributed by atoms with van der Waals surface area (Å²) in [5, 5.41) is 11.5. The van der Waals surface area contributed by atoms with Gasteiger partial charge in [0.15, 0.2) is 0 Å². The van der Waals surface area contributed by atoms with Crippen LogP contribution in [0.15, 0.2) is 28.7 Å². The fraction of sp³-hybridized carbons (Fsp3) is 0.385. The third-order valence-corrected chi connectivity index (χ3v) is 3.35. The molecule has 0 aliphatic rings. The van der Waals surface area contributed by atoms with Crippen LogP contribution in [0.5, 0.6) is 0 Å². The number of carbonyl (C=O) groups excluding carboxylic acids is 1. The Morgan fingerprint density at radius 2 is 2.00 bits per heavy atom. The monoisotopic (exact) mass is 328 g/mol. The van der Waals surface area contributed by atoms with Crippen LogP contribution < -0.4 is 5.32 Å². The van der Waals surface area contributed by atoms with Crippen LogP contribution >= 0.6 is 15.9 Å². The van der Waals surface area contributed by atoms with Gasteiger partial charge < -0.3 is 15.3 Å². The van der Waals surface area contributed by atoms with Crippen LogP contribution in [0.4, 0.5) is 4.79 Å². The molecule has 0 heterocycles. The van der Waals surface area contributed by atoms with Crippen molar-refractivity contribution in [3.63, 3.8) is 0 Å². The van der Waals surface area contributed by atoms with Crippen molar-refractivity contribution in [3.8, 4) is 0 Å². The number of amides is 2. The molecule has 5 nitrogen and oxygen atoms in total. The molecule has 0 aliphatic heterocycles. The number of carbonyl (C=O) groups is 2. The molecule has 0 aromatic heterocycles. The Morgan fingerprint density at radius 1 is 1.37 bits per heavy atom. The maximum atomic E-state index is 11.9. The number of hydrogen-bond donors (Lipinski definition) is 2. The molecule has 0 fully saturated rings. The highest BCUT2D eigenvalue weighted by Crippen LogP contribution is 2.15. The predicted molar refractivity (Wildman–Crippen MR) is 75.9 cm³/mol. The average Bonchev–Trinajstić information content (AvgIpc) is 2.34. The van der Waals surface area contributed by atoms with E-state index in [0.717, 1.165) is 10.0 Å². The van der Waals surface area contributed by atoms with Crippen LogP contribution in [-0.2, 0) is 11.3 Å². The van der Waals surface area contributed by atoms with Gasteiger partial charge in [-0.05, 0) is 25.5 Å². The van der Waals surface area contributed by atoms with Crippen molar-refractivity contribution in [1.82, 2.24) is 10.2 Å². The lowest BCUT2D eigenvalue weighted by Gasteiger charge is -2.25. The first kappa shape index (κ1) is 15.5. The highest BCUT2D eigenvalue weighted by atomic mass is 79.9. The van der Waals surface area contributed by atoms with Gasteiger partial charge in [-0.3, -0.25) is 4.79 Å². The molecule has 0 bridgehead atoms. The Labute approximate surface area is 120 Å². The number of urea groups is 1. The summed E-state index contributed by atoms with van der Waals surface area (Å²) in [6, 6.07) is 6.99. The van der Waals surface area contributed by atoms with E-state index in [1.165, 1.54) is 4.90 Å². The predicted octanol–water partition coefficient (Wildman–Crippen LogP) is 2.45. The molecular formula is C13H17BrN2O3. The third-order valence-electron chi connectivity index (χ3n) is 2.58. The van der Waals surface area contributed by atoms with Crippen LogP contribution in [0.25, 0.3) is 0 Å². The largest absolute Gasteiger partial charge is 0.480 e. The molecule has 0 aliphatic carbocycles. The van der Waals surface area contributed by atoms with Crippen molar-refractivity contribution in [1.29, 1.82) is 0 Å². The zero-order valence-electron chi connectivity index (χ0n) is 10.9. The Kier molecular flexibility index (Phi) is 5.82. The van der Waals surface area contributed by atoms with Crippen LogP contribution in [0, 0.1) is 0 Å². The number of benzene rings is 1. The number of nitrogens with one attached hydrogen (secondary N) is 1. The van der Waals surface area contributed by atoms with E-state index in [1.54, 1.807) is 13.8 Å². The van der Waals surface area contributed by atoms with Gasteiger partial charge in [-0.25, -0.2) is 4.79 Å². The van der Waals surface area contributed by atoms with E-state index in [9.17, 15) is 9.59 Å². The molecule has 2 amide bonds. The molecular weight excluding hydrogens is 312 g/mol. The summed E-state index contributed by atoms with van der Waals surface area (Å²) < 4.78 is 0.907.